The van der Waals surface area contributed by atoms with Crippen molar-refractivity contribution in [2.75, 3.05) is 7.11 Å². The van der Waals surface area contributed by atoms with Crippen LogP contribution in [0.15, 0.2) is 21.3 Å². The van der Waals surface area contributed by atoms with Gasteiger partial charge in [0.2, 0.25) is 0 Å². The molecule has 0 fully saturated rings. The van der Waals surface area contributed by atoms with Gasteiger partial charge in [0.1, 0.15) is 27.1 Å². The number of esters is 1. The molecule has 0 aromatic carbocycles. The number of hydrogen-bond donors (Lipinski definition) is 1. The molecule has 0 aliphatic carbocycles. The van der Waals surface area contributed by atoms with E-state index in [2.05, 4.69) is 28.7 Å². The fourth-order valence-electron chi connectivity index (χ4n) is 2.93. The van der Waals surface area contributed by atoms with Gasteiger partial charge >= 0.3 is 5.97 Å². The molecule has 3 heterocycles. The Morgan fingerprint density at radius 2 is 2.07 bits per heavy atom. The molecule has 3 aromatic rings. The third-order valence-electron chi connectivity index (χ3n) is 4.46. The molecule has 7 nitrogen and oxygen atoms in total. The van der Waals surface area contributed by atoms with Crippen molar-refractivity contribution < 1.29 is 13.9 Å². The summed E-state index contributed by atoms with van der Waals surface area (Å²) in [6.45, 7) is 8.89. The van der Waals surface area contributed by atoms with Crippen molar-refractivity contribution in [2.45, 2.75) is 46.8 Å². The number of furan rings is 1. The van der Waals surface area contributed by atoms with Gasteiger partial charge in [0.25, 0.3) is 5.56 Å². The molecule has 0 atom stereocenters. The van der Waals surface area contributed by atoms with E-state index in [1.165, 1.54) is 18.4 Å². The third kappa shape index (κ3) is 3.96. The monoisotopic (exact) mass is 389 g/mol. The van der Waals surface area contributed by atoms with Crippen LogP contribution >= 0.6 is 11.3 Å². The highest BCUT2D eigenvalue weighted by Gasteiger charge is 2.21. The number of methoxy groups -OCH3 is 1. The Kier molecular flexibility index (Phi) is 5.48. The van der Waals surface area contributed by atoms with Crippen LogP contribution in [0.25, 0.3) is 10.2 Å². The number of nitrogens with one attached hydrogen (secondary N) is 1. The Morgan fingerprint density at radius 3 is 2.67 bits per heavy atom. The number of carbonyl (C=O) groups is 1. The van der Waals surface area contributed by atoms with Crippen LogP contribution in [0.4, 0.5) is 0 Å². The summed E-state index contributed by atoms with van der Waals surface area (Å²) in [5, 5.41) is 0.446. The minimum Gasteiger partial charge on any atom is -0.465 e. The summed E-state index contributed by atoms with van der Waals surface area (Å²) < 4.78 is 10.5. The van der Waals surface area contributed by atoms with Crippen LogP contribution in [0, 0.1) is 13.8 Å². The van der Waals surface area contributed by atoms with E-state index in [1.807, 2.05) is 19.1 Å². The standard InChI is InChI=1S/C19H23N3O4S/c1-10(2)22(8-13-7-6-11(3)26-13)9-14-20-17(23)15-12(4)16(19(24)25-5)27-18(15)21-14/h6-7,10H,8-9H2,1-5H3,(H,20,21,23). The Hall–Kier alpha value is -2.45. The lowest BCUT2D eigenvalue weighted by Gasteiger charge is -2.24. The van der Waals surface area contributed by atoms with Gasteiger partial charge in [-0.05, 0) is 45.4 Å². The number of H-pyrrole nitrogens is 1. The van der Waals surface area contributed by atoms with Gasteiger partial charge in [-0.15, -0.1) is 11.3 Å². The molecule has 3 rings (SSSR count). The maximum Gasteiger partial charge on any atom is 0.348 e. The quantitative estimate of drug-likeness (QED) is 0.650. The first-order chi connectivity index (χ1) is 12.8. The fourth-order valence-corrected chi connectivity index (χ4v) is 4.05. The van der Waals surface area contributed by atoms with E-state index < -0.39 is 5.97 Å². The number of ether oxygens (including phenoxy) is 1. The highest BCUT2D eigenvalue weighted by Crippen LogP contribution is 2.27. The first-order valence-corrected chi connectivity index (χ1v) is 9.51. The summed E-state index contributed by atoms with van der Waals surface area (Å²) in [6, 6.07) is 4.12. The van der Waals surface area contributed by atoms with E-state index in [0.29, 0.717) is 39.6 Å². The number of carbonyl (C=O) groups excluding carboxylic acids is 1. The van der Waals surface area contributed by atoms with E-state index in [1.54, 1.807) is 6.92 Å². The van der Waals surface area contributed by atoms with Crippen LogP contribution in [0.5, 0.6) is 0 Å². The zero-order valence-electron chi connectivity index (χ0n) is 16.1. The molecule has 0 unspecified atom stereocenters. The second-order valence-corrected chi connectivity index (χ2v) is 7.75. The summed E-state index contributed by atoms with van der Waals surface area (Å²) in [5.74, 6) is 1.84. The molecule has 0 spiro atoms. The SMILES string of the molecule is COC(=O)c1sc2nc(CN(Cc3ccc(C)o3)C(C)C)[nH]c(=O)c2c1C. The second-order valence-electron chi connectivity index (χ2n) is 6.75. The van der Waals surface area contributed by atoms with E-state index in [-0.39, 0.29) is 11.6 Å². The maximum absolute atomic E-state index is 12.6. The highest BCUT2D eigenvalue weighted by molar-refractivity contribution is 7.20. The largest absolute Gasteiger partial charge is 0.465 e. The number of aromatic amines is 1. The molecule has 0 aliphatic rings. The molecule has 0 saturated carbocycles. The molecule has 27 heavy (non-hydrogen) atoms. The van der Waals surface area contributed by atoms with Gasteiger partial charge in [-0.2, -0.15) is 0 Å². The van der Waals surface area contributed by atoms with Crippen molar-refractivity contribution in [2.24, 2.45) is 0 Å². The highest BCUT2D eigenvalue weighted by atomic mass is 32.1. The van der Waals surface area contributed by atoms with Crippen molar-refractivity contribution in [1.82, 2.24) is 14.9 Å². The van der Waals surface area contributed by atoms with Gasteiger partial charge in [-0.25, -0.2) is 9.78 Å². The molecular formula is C19H23N3O4S. The Morgan fingerprint density at radius 1 is 1.33 bits per heavy atom. The summed E-state index contributed by atoms with van der Waals surface area (Å²) in [5.41, 5.74) is 0.366. The van der Waals surface area contributed by atoms with Crippen LogP contribution in [0.1, 0.15) is 46.4 Å². The van der Waals surface area contributed by atoms with Crippen molar-refractivity contribution in [1.29, 1.82) is 0 Å². The molecule has 0 aliphatic heterocycles. The molecule has 0 saturated heterocycles. The topological polar surface area (TPSA) is 88.4 Å². The minimum atomic E-state index is -0.451. The molecule has 3 aromatic heterocycles. The number of rotatable bonds is 6. The van der Waals surface area contributed by atoms with Crippen LogP contribution in [-0.2, 0) is 17.8 Å². The van der Waals surface area contributed by atoms with E-state index >= 15 is 0 Å². The lowest BCUT2D eigenvalue weighted by atomic mass is 10.2. The van der Waals surface area contributed by atoms with Crippen LogP contribution < -0.4 is 5.56 Å². The summed E-state index contributed by atoms with van der Waals surface area (Å²) >= 11 is 1.19. The zero-order valence-corrected chi connectivity index (χ0v) is 16.9. The first kappa shape index (κ1) is 19.3. The summed E-state index contributed by atoms with van der Waals surface area (Å²) in [6.07, 6.45) is 0. The van der Waals surface area contributed by atoms with Crippen molar-refractivity contribution in [3.63, 3.8) is 0 Å². The van der Waals surface area contributed by atoms with Crippen LogP contribution in [0.2, 0.25) is 0 Å². The van der Waals surface area contributed by atoms with Gasteiger partial charge in [-0.1, -0.05) is 0 Å². The van der Waals surface area contributed by atoms with E-state index in [9.17, 15) is 9.59 Å². The second kappa shape index (κ2) is 7.66. The average Bonchev–Trinajstić information content (AvgIpc) is 3.17. The molecule has 0 bridgehead atoms. The summed E-state index contributed by atoms with van der Waals surface area (Å²) in [4.78, 5) is 35.0. The van der Waals surface area contributed by atoms with Gasteiger partial charge in [0.15, 0.2) is 0 Å². The van der Waals surface area contributed by atoms with Crippen LogP contribution in [0.3, 0.4) is 0 Å². The molecule has 1 N–H and O–H groups in total. The summed E-state index contributed by atoms with van der Waals surface area (Å²) in [7, 11) is 1.33. The Balaban J connectivity index is 1.93. The van der Waals surface area contributed by atoms with Crippen molar-refractivity contribution in [3.05, 3.63) is 50.3 Å². The van der Waals surface area contributed by atoms with E-state index in [4.69, 9.17) is 9.15 Å². The van der Waals surface area contributed by atoms with Gasteiger partial charge in [0, 0.05) is 6.04 Å². The lowest BCUT2D eigenvalue weighted by molar-refractivity contribution is 0.0605. The molecule has 8 heteroatoms. The first-order valence-electron chi connectivity index (χ1n) is 8.70. The lowest BCUT2D eigenvalue weighted by Crippen LogP contribution is -2.31. The molecule has 0 amide bonds. The van der Waals surface area contributed by atoms with Gasteiger partial charge in [0.05, 0.1) is 25.6 Å². The minimum absolute atomic E-state index is 0.229. The Bertz CT molecular complexity index is 1030. The molecule has 0 radical (unpaired) electrons. The number of thiophene rings is 1. The number of fused-ring (bicyclic) bond motifs is 1. The molecule has 144 valence electrons. The maximum atomic E-state index is 12.6. The third-order valence-corrected chi connectivity index (χ3v) is 5.62. The van der Waals surface area contributed by atoms with Crippen LogP contribution in [-0.4, -0.2) is 34.0 Å². The number of aryl methyl sites for hydroxylation is 2. The van der Waals surface area contributed by atoms with Crippen molar-refractivity contribution in [3.8, 4) is 0 Å². The smallest absolute Gasteiger partial charge is 0.348 e. The average molecular weight is 389 g/mol. The van der Waals surface area contributed by atoms with Gasteiger partial charge < -0.3 is 14.1 Å². The fraction of sp³-hybridized carbons (Fsp3) is 0.421. The zero-order chi connectivity index (χ0) is 19.7. The number of nitrogens with zero attached hydrogens (tertiary/aromatic N) is 2. The van der Waals surface area contributed by atoms with Crippen molar-refractivity contribution >= 4 is 27.5 Å². The van der Waals surface area contributed by atoms with E-state index in [0.717, 1.165) is 11.5 Å². The molecular weight excluding hydrogens is 366 g/mol. The Labute approximate surface area is 161 Å². The predicted molar refractivity (Wildman–Crippen MR) is 104 cm³/mol. The normalized spacial score (nSPS) is 11.7. The van der Waals surface area contributed by atoms with Gasteiger partial charge in [-0.3, -0.25) is 9.69 Å². The number of hydrogen-bond acceptors (Lipinski definition) is 7. The number of aromatic nitrogens is 2. The predicted octanol–water partition coefficient (Wildman–Crippen LogP) is 3.39.